The second-order valence-electron chi connectivity index (χ2n) is 5.35. The fourth-order valence-electron chi connectivity index (χ4n) is 2.17. The van der Waals surface area contributed by atoms with Crippen molar-refractivity contribution in [2.75, 3.05) is 11.9 Å². The van der Waals surface area contributed by atoms with Crippen LogP contribution in [0.4, 0.5) is 5.69 Å². The minimum atomic E-state index is -3.98. The van der Waals surface area contributed by atoms with Crippen LogP contribution in [0.5, 0.6) is 5.75 Å². The van der Waals surface area contributed by atoms with Gasteiger partial charge >= 0.3 is 0 Å². The quantitative estimate of drug-likeness (QED) is 0.308. The predicted molar refractivity (Wildman–Crippen MR) is 111 cm³/mol. The molecule has 0 aromatic heterocycles. The first kappa shape index (κ1) is 21.1. The van der Waals surface area contributed by atoms with Gasteiger partial charge in [0.1, 0.15) is 5.75 Å². The highest BCUT2D eigenvalue weighted by Crippen LogP contribution is 2.18. The lowest BCUT2D eigenvalue weighted by Crippen LogP contribution is -2.34. The summed E-state index contributed by atoms with van der Waals surface area (Å²) in [6.45, 7) is 2.24. The van der Waals surface area contributed by atoms with Crippen molar-refractivity contribution >= 4 is 44.9 Å². The fourth-order valence-corrected chi connectivity index (χ4v) is 3.24. The molecule has 0 atom stereocenters. The standard InChI is InChI=1S/C17H19N5O4S2/c1-2-26-14-6-4-3-5-13(14)15(23)21-17(27)20-11-7-9-12(10-8-11)28(24,25)22-16(18)19/h3-10H,2H2,1H3,(H4,18,19,22)(H2,20,21,23,27). The van der Waals surface area contributed by atoms with E-state index >= 15 is 0 Å². The summed E-state index contributed by atoms with van der Waals surface area (Å²) in [4.78, 5) is 12.3. The summed E-state index contributed by atoms with van der Waals surface area (Å²) in [7, 11) is -3.98. The molecule has 0 spiro atoms. The second kappa shape index (κ2) is 9.15. The van der Waals surface area contributed by atoms with Gasteiger partial charge < -0.3 is 21.5 Å². The van der Waals surface area contributed by atoms with Crippen molar-refractivity contribution in [3.05, 3.63) is 54.1 Å². The first-order chi connectivity index (χ1) is 13.2. The second-order valence-corrected chi connectivity index (χ2v) is 7.37. The summed E-state index contributed by atoms with van der Waals surface area (Å²) in [6, 6.07) is 12.3. The van der Waals surface area contributed by atoms with Gasteiger partial charge in [0, 0.05) is 5.69 Å². The maximum Gasteiger partial charge on any atom is 0.285 e. The number of ether oxygens (including phenoxy) is 1. The van der Waals surface area contributed by atoms with Gasteiger partial charge in [0.05, 0.1) is 17.1 Å². The molecular formula is C17H19N5O4S2. The molecule has 0 bridgehead atoms. The smallest absolute Gasteiger partial charge is 0.285 e. The third-order valence-corrected chi connectivity index (χ3v) is 4.82. The number of para-hydroxylation sites is 1. The summed E-state index contributed by atoms with van der Waals surface area (Å²) < 4.78 is 32.4. The molecule has 6 N–H and O–H groups in total. The Balaban J connectivity index is 2.06. The lowest BCUT2D eigenvalue weighted by atomic mass is 10.2. The fraction of sp³-hybridized carbons (Fsp3) is 0.118. The topological polar surface area (TPSA) is 149 Å². The van der Waals surface area contributed by atoms with Crippen molar-refractivity contribution in [3.8, 4) is 5.75 Å². The summed E-state index contributed by atoms with van der Waals surface area (Å²) in [5.41, 5.74) is 11.0. The number of thiocarbonyl (C=S) groups is 1. The Labute approximate surface area is 167 Å². The summed E-state index contributed by atoms with van der Waals surface area (Å²) >= 11 is 5.13. The molecule has 11 heteroatoms. The summed E-state index contributed by atoms with van der Waals surface area (Å²) in [5, 5.41) is 5.37. The Hall–Kier alpha value is -3.18. The Morgan fingerprint density at radius 3 is 2.39 bits per heavy atom. The zero-order valence-corrected chi connectivity index (χ0v) is 16.5. The van der Waals surface area contributed by atoms with Crippen LogP contribution in [0.3, 0.4) is 0 Å². The molecule has 0 aliphatic rings. The highest BCUT2D eigenvalue weighted by atomic mass is 32.2. The van der Waals surface area contributed by atoms with Gasteiger partial charge in [-0.1, -0.05) is 12.1 Å². The Kier molecular flexibility index (Phi) is 6.90. The highest BCUT2D eigenvalue weighted by molar-refractivity contribution is 7.90. The van der Waals surface area contributed by atoms with Crippen molar-refractivity contribution in [1.82, 2.24) is 5.32 Å². The average Bonchev–Trinajstić information content (AvgIpc) is 2.61. The summed E-state index contributed by atoms with van der Waals surface area (Å²) in [6.07, 6.45) is 0. The van der Waals surface area contributed by atoms with E-state index in [4.69, 9.17) is 28.4 Å². The van der Waals surface area contributed by atoms with Gasteiger partial charge in [0.2, 0.25) is 5.96 Å². The molecule has 28 heavy (non-hydrogen) atoms. The molecule has 9 nitrogen and oxygen atoms in total. The lowest BCUT2D eigenvalue weighted by Gasteiger charge is -2.12. The van der Waals surface area contributed by atoms with E-state index in [1.165, 1.54) is 24.3 Å². The van der Waals surface area contributed by atoms with Crippen molar-refractivity contribution in [2.45, 2.75) is 11.8 Å². The van der Waals surface area contributed by atoms with Crippen LogP contribution in [0.2, 0.25) is 0 Å². The molecular weight excluding hydrogens is 402 g/mol. The van der Waals surface area contributed by atoms with Gasteiger partial charge in [-0.05, 0) is 55.5 Å². The number of nitrogens with one attached hydrogen (secondary N) is 2. The van der Waals surface area contributed by atoms with Crippen LogP contribution in [0, 0.1) is 0 Å². The minimum absolute atomic E-state index is 0.0381. The molecule has 0 radical (unpaired) electrons. The highest BCUT2D eigenvalue weighted by Gasteiger charge is 2.15. The van der Waals surface area contributed by atoms with Crippen LogP contribution < -0.4 is 26.8 Å². The van der Waals surface area contributed by atoms with Gasteiger partial charge in [0.15, 0.2) is 5.11 Å². The molecule has 0 unspecified atom stereocenters. The van der Waals surface area contributed by atoms with E-state index < -0.39 is 21.9 Å². The normalized spacial score (nSPS) is 10.6. The number of anilines is 1. The number of sulfonamides is 1. The van der Waals surface area contributed by atoms with Gasteiger partial charge in [0.25, 0.3) is 15.9 Å². The maximum absolute atomic E-state index is 12.4. The van der Waals surface area contributed by atoms with E-state index in [2.05, 4.69) is 15.0 Å². The third kappa shape index (κ3) is 5.66. The zero-order valence-electron chi connectivity index (χ0n) is 14.9. The number of carbonyl (C=O) groups excluding carboxylic acids is 1. The van der Waals surface area contributed by atoms with Crippen molar-refractivity contribution in [2.24, 2.45) is 15.9 Å². The van der Waals surface area contributed by atoms with Crippen molar-refractivity contribution in [1.29, 1.82) is 0 Å². The largest absolute Gasteiger partial charge is 0.493 e. The van der Waals surface area contributed by atoms with Crippen LogP contribution in [0.15, 0.2) is 57.8 Å². The number of guanidine groups is 1. The summed E-state index contributed by atoms with van der Waals surface area (Å²) in [5.74, 6) is -0.550. The van der Waals surface area contributed by atoms with Gasteiger partial charge in [-0.3, -0.25) is 10.1 Å². The number of benzene rings is 2. The predicted octanol–water partition coefficient (Wildman–Crippen LogP) is 1.17. The molecule has 1 amide bonds. The van der Waals surface area contributed by atoms with E-state index in [9.17, 15) is 13.2 Å². The number of hydrogen-bond acceptors (Lipinski definition) is 5. The average molecular weight is 422 g/mol. The van der Waals surface area contributed by atoms with Crippen LogP contribution in [-0.4, -0.2) is 32.0 Å². The first-order valence-corrected chi connectivity index (χ1v) is 9.88. The van der Waals surface area contributed by atoms with Gasteiger partial charge in [-0.25, -0.2) is 0 Å². The molecule has 2 rings (SSSR count). The zero-order chi connectivity index (χ0) is 20.7. The van der Waals surface area contributed by atoms with Crippen LogP contribution in [0.1, 0.15) is 17.3 Å². The number of carbonyl (C=O) groups is 1. The molecule has 2 aromatic carbocycles. The van der Waals surface area contributed by atoms with E-state index in [1.807, 2.05) is 6.92 Å². The van der Waals surface area contributed by atoms with E-state index in [0.717, 1.165) is 0 Å². The number of hydrogen-bond donors (Lipinski definition) is 4. The first-order valence-electron chi connectivity index (χ1n) is 8.03. The van der Waals surface area contributed by atoms with E-state index in [-0.39, 0.29) is 10.0 Å². The molecule has 0 aliphatic carbocycles. The number of nitrogens with two attached hydrogens (primary N) is 2. The monoisotopic (exact) mass is 421 g/mol. The molecule has 0 saturated heterocycles. The number of nitrogens with zero attached hydrogens (tertiary/aromatic N) is 1. The van der Waals surface area contributed by atoms with Crippen molar-refractivity contribution < 1.29 is 17.9 Å². The Bertz CT molecular complexity index is 1000. The molecule has 0 saturated carbocycles. The number of amides is 1. The van der Waals surface area contributed by atoms with Crippen LogP contribution >= 0.6 is 12.2 Å². The Morgan fingerprint density at radius 2 is 1.79 bits per heavy atom. The lowest BCUT2D eigenvalue weighted by molar-refractivity contribution is 0.0974. The minimum Gasteiger partial charge on any atom is -0.493 e. The van der Waals surface area contributed by atoms with Crippen LogP contribution in [0.25, 0.3) is 0 Å². The third-order valence-electron chi connectivity index (χ3n) is 3.29. The molecule has 0 fully saturated rings. The maximum atomic E-state index is 12.4. The number of rotatable bonds is 6. The van der Waals surface area contributed by atoms with E-state index in [0.29, 0.717) is 23.6 Å². The van der Waals surface area contributed by atoms with Gasteiger partial charge in [-0.2, -0.15) is 8.42 Å². The SMILES string of the molecule is CCOc1ccccc1C(=O)NC(=S)Nc1ccc(S(=O)(=O)N=C(N)N)cc1. The van der Waals surface area contributed by atoms with Gasteiger partial charge in [-0.15, -0.1) is 4.40 Å². The van der Waals surface area contributed by atoms with E-state index in [1.54, 1.807) is 24.3 Å². The van der Waals surface area contributed by atoms with Crippen LogP contribution in [-0.2, 0) is 10.0 Å². The molecule has 0 heterocycles. The molecule has 148 valence electrons. The Morgan fingerprint density at radius 1 is 1.14 bits per heavy atom. The molecule has 0 aliphatic heterocycles. The molecule has 2 aromatic rings. The van der Waals surface area contributed by atoms with Crippen molar-refractivity contribution in [3.63, 3.8) is 0 Å².